The smallest absolute Gasteiger partial charge is 0.291 e. The van der Waals surface area contributed by atoms with Gasteiger partial charge in [0.15, 0.2) is 5.82 Å². The number of aryl methyl sites for hydroxylation is 2. The van der Waals surface area contributed by atoms with Crippen molar-refractivity contribution in [3.8, 4) is 0 Å². The van der Waals surface area contributed by atoms with Crippen molar-refractivity contribution < 1.29 is 9.59 Å². The molecule has 0 saturated carbocycles. The first-order valence-electron chi connectivity index (χ1n) is 10.7. The molecule has 0 radical (unpaired) electrons. The summed E-state index contributed by atoms with van der Waals surface area (Å²) in [4.78, 5) is 32.8. The number of amides is 2. The number of piperidine rings is 1. The van der Waals surface area contributed by atoms with Gasteiger partial charge in [0.05, 0.1) is 5.69 Å². The number of hydrogen-bond donors (Lipinski definition) is 1. The number of imidazole rings is 1. The van der Waals surface area contributed by atoms with E-state index in [-0.39, 0.29) is 11.8 Å². The fourth-order valence-corrected chi connectivity index (χ4v) is 4.46. The number of nitrogens with one attached hydrogen (secondary N) is 1. The minimum Gasteiger partial charge on any atom is -0.337 e. The van der Waals surface area contributed by atoms with E-state index in [0.717, 1.165) is 74.2 Å². The second-order valence-corrected chi connectivity index (χ2v) is 8.61. The topological polar surface area (TPSA) is 67.2 Å². The highest BCUT2D eigenvalue weighted by Gasteiger charge is 2.31. The second kappa shape index (κ2) is 8.01. The summed E-state index contributed by atoms with van der Waals surface area (Å²) in [5.41, 5.74) is 4.29. The molecule has 2 amide bonds. The molecule has 0 aliphatic carbocycles. The number of fused-ring (bicyclic) bond motifs is 1. The number of benzene rings is 1. The Labute approximate surface area is 172 Å². The van der Waals surface area contributed by atoms with E-state index in [1.54, 1.807) is 0 Å². The minimum absolute atomic E-state index is 0.0204. The first-order valence-corrected chi connectivity index (χ1v) is 10.7. The Morgan fingerprint density at radius 1 is 1.14 bits per heavy atom. The molecule has 1 N–H and O–H groups in total. The molecule has 2 aromatic rings. The van der Waals surface area contributed by atoms with Crippen LogP contribution in [0.5, 0.6) is 0 Å². The van der Waals surface area contributed by atoms with Gasteiger partial charge >= 0.3 is 0 Å². The Balaban J connectivity index is 1.65. The Morgan fingerprint density at radius 2 is 1.97 bits per heavy atom. The van der Waals surface area contributed by atoms with Gasteiger partial charge in [0.1, 0.15) is 5.69 Å². The van der Waals surface area contributed by atoms with Gasteiger partial charge < -0.3 is 14.8 Å². The van der Waals surface area contributed by atoms with Gasteiger partial charge in [-0.2, -0.15) is 0 Å². The van der Waals surface area contributed by atoms with E-state index in [1.165, 1.54) is 0 Å². The highest BCUT2D eigenvalue weighted by atomic mass is 16.2. The van der Waals surface area contributed by atoms with E-state index < -0.39 is 0 Å². The summed E-state index contributed by atoms with van der Waals surface area (Å²) in [6.07, 6.45) is 5.02. The van der Waals surface area contributed by atoms with E-state index in [1.807, 2.05) is 41.5 Å². The Hall–Kier alpha value is -2.63. The summed E-state index contributed by atoms with van der Waals surface area (Å²) in [6, 6.07) is 5.99. The summed E-state index contributed by atoms with van der Waals surface area (Å²) in [5.74, 6) is 0.605. The van der Waals surface area contributed by atoms with E-state index in [4.69, 9.17) is 0 Å². The summed E-state index contributed by atoms with van der Waals surface area (Å²) in [5, 5.41) is 3.01. The Kier molecular flexibility index (Phi) is 5.43. The lowest BCUT2D eigenvalue weighted by atomic mass is 9.99. The molecule has 1 fully saturated rings. The summed E-state index contributed by atoms with van der Waals surface area (Å²) in [7, 11) is 0. The van der Waals surface area contributed by atoms with Crippen molar-refractivity contribution in [1.82, 2.24) is 14.5 Å². The predicted octanol–water partition coefficient (Wildman–Crippen LogP) is 3.96. The monoisotopic (exact) mass is 394 g/mol. The lowest BCUT2D eigenvalue weighted by molar-refractivity contribution is 0.0676. The van der Waals surface area contributed by atoms with Gasteiger partial charge in [-0.1, -0.05) is 19.1 Å². The van der Waals surface area contributed by atoms with Gasteiger partial charge in [-0.05, 0) is 69.1 Å². The third-order valence-corrected chi connectivity index (χ3v) is 6.11. The number of aromatic nitrogens is 2. The second-order valence-electron chi connectivity index (χ2n) is 8.61. The zero-order valence-corrected chi connectivity index (χ0v) is 17.6. The highest BCUT2D eigenvalue weighted by Crippen LogP contribution is 2.25. The molecule has 1 aromatic carbocycles. The number of rotatable bonds is 3. The molecule has 1 saturated heterocycles. The fourth-order valence-electron chi connectivity index (χ4n) is 4.46. The third kappa shape index (κ3) is 3.93. The molecule has 154 valence electrons. The summed E-state index contributed by atoms with van der Waals surface area (Å²) < 4.78 is 1.96. The van der Waals surface area contributed by atoms with Crippen molar-refractivity contribution in [3.63, 3.8) is 0 Å². The maximum atomic E-state index is 13.2. The molecule has 29 heavy (non-hydrogen) atoms. The van der Waals surface area contributed by atoms with Crippen LogP contribution in [-0.4, -0.2) is 39.4 Å². The van der Waals surface area contributed by atoms with Crippen LogP contribution in [0.3, 0.4) is 0 Å². The van der Waals surface area contributed by atoms with Crippen molar-refractivity contribution in [1.29, 1.82) is 0 Å². The molecule has 1 unspecified atom stereocenters. The number of nitrogens with zero attached hydrogens (tertiary/aromatic N) is 3. The minimum atomic E-state index is -0.243. The van der Waals surface area contributed by atoms with Crippen molar-refractivity contribution in [2.75, 3.05) is 18.4 Å². The number of carbonyl (C=O) groups is 2. The van der Waals surface area contributed by atoms with Gasteiger partial charge in [0.2, 0.25) is 0 Å². The molecule has 1 aromatic heterocycles. The molecule has 6 nitrogen and oxygen atoms in total. The van der Waals surface area contributed by atoms with E-state index in [2.05, 4.69) is 17.2 Å². The largest absolute Gasteiger partial charge is 0.337 e. The van der Waals surface area contributed by atoms with Gasteiger partial charge in [-0.15, -0.1) is 0 Å². The van der Waals surface area contributed by atoms with Crippen LogP contribution in [0, 0.1) is 19.8 Å². The zero-order chi connectivity index (χ0) is 20.5. The maximum Gasteiger partial charge on any atom is 0.291 e. The lowest BCUT2D eigenvalue weighted by Gasteiger charge is -2.30. The molecule has 0 bridgehead atoms. The van der Waals surface area contributed by atoms with Gasteiger partial charge in [-0.3, -0.25) is 9.59 Å². The maximum absolute atomic E-state index is 13.2. The zero-order valence-electron chi connectivity index (χ0n) is 17.6. The average Bonchev–Trinajstić information content (AvgIpc) is 3.10. The predicted molar refractivity (Wildman–Crippen MR) is 113 cm³/mol. The quantitative estimate of drug-likeness (QED) is 0.857. The van der Waals surface area contributed by atoms with Gasteiger partial charge in [-0.25, -0.2) is 4.98 Å². The van der Waals surface area contributed by atoms with E-state index in [9.17, 15) is 9.59 Å². The summed E-state index contributed by atoms with van der Waals surface area (Å²) >= 11 is 0. The molecular weight excluding hydrogens is 364 g/mol. The van der Waals surface area contributed by atoms with Crippen LogP contribution >= 0.6 is 0 Å². The number of likely N-dealkylation sites (tertiary alicyclic amines) is 1. The van der Waals surface area contributed by atoms with Crippen LogP contribution in [-0.2, 0) is 13.0 Å². The number of hydrogen-bond acceptors (Lipinski definition) is 3. The Bertz CT molecular complexity index is 947. The lowest BCUT2D eigenvalue weighted by Crippen LogP contribution is -2.39. The molecule has 3 heterocycles. The first-order chi connectivity index (χ1) is 13.9. The van der Waals surface area contributed by atoms with Crippen LogP contribution in [0.4, 0.5) is 5.69 Å². The standard InChI is InChI=1S/C23H30N4O2/c1-15-9-10-17(3)18(13-15)24-22(28)21-25-20(19-8-4-5-12-27(19)21)23(29)26-11-6-7-16(2)14-26/h9-10,13,16H,4-8,11-12,14H2,1-3H3,(H,24,28). The number of carbonyl (C=O) groups excluding carboxylic acids is 2. The summed E-state index contributed by atoms with van der Waals surface area (Å²) in [6.45, 7) is 8.45. The van der Waals surface area contributed by atoms with Gasteiger partial charge in [0, 0.05) is 25.3 Å². The van der Waals surface area contributed by atoms with E-state index in [0.29, 0.717) is 17.4 Å². The van der Waals surface area contributed by atoms with Crippen LogP contribution in [0.15, 0.2) is 18.2 Å². The average molecular weight is 395 g/mol. The van der Waals surface area contributed by atoms with Crippen LogP contribution in [0.25, 0.3) is 0 Å². The molecular formula is C23H30N4O2. The SMILES string of the molecule is Cc1ccc(C)c(NC(=O)c2nc(C(=O)N3CCCC(C)C3)c3n2CCCC3)c1. The van der Waals surface area contributed by atoms with Crippen LogP contribution in [0.1, 0.15) is 70.5 Å². The fraction of sp³-hybridized carbons (Fsp3) is 0.522. The van der Waals surface area contributed by atoms with E-state index >= 15 is 0 Å². The van der Waals surface area contributed by atoms with Crippen LogP contribution in [0.2, 0.25) is 0 Å². The molecule has 4 rings (SSSR count). The molecule has 1 atom stereocenters. The molecule has 6 heteroatoms. The van der Waals surface area contributed by atoms with Crippen molar-refractivity contribution >= 4 is 17.5 Å². The number of anilines is 1. The molecule has 2 aliphatic rings. The van der Waals surface area contributed by atoms with Gasteiger partial charge in [0.25, 0.3) is 11.8 Å². The Morgan fingerprint density at radius 3 is 2.76 bits per heavy atom. The van der Waals surface area contributed by atoms with Crippen molar-refractivity contribution in [2.45, 2.75) is 59.4 Å². The molecule has 0 spiro atoms. The van der Waals surface area contributed by atoms with Crippen molar-refractivity contribution in [2.24, 2.45) is 5.92 Å². The van der Waals surface area contributed by atoms with Crippen LogP contribution < -0.4 is 5.32 Å². The first kappa shape index (κ1) is 19.7. The van der Waals surface area contributed by atoms with Crippen molar-refractivity contribution in [3.05, 3.63) is 46.5 Å². The molecule has 2 aliphatic heterocycles. The third-order valence-electron chi connectivity index (χ3n) is 6.11. The normalized spacial score (nSPS) is 19.0. The highest BCUT2D eigenvalue weighted by molar-refractivity contribution is 6.04.